The zero-order valence-corrected chi connectivity index (χ0v) is 14.7. The van der Waals surface area contributed by atoms with E-state index < -0.39 is 0 Å². The molecule has 4 nitrogen and oxygen atoms in total. The Morgan fingerprint density at radius 1 is 1.04 bits per heavy atom. The summed E-state index contributed by atoms with van der Waals surface area (Å²) < 4.78 is 1.76. The van der Waals surface area contributed by atoms with Crippen LogP contribution < -0.4 is 5.32 Å². The molecule has 0 radical (unpaired) electrons. The maximum absolute atomic E-state index is 13.1. The van der Waals surface area contributed by atoms with Crippen LogP contribution in [0.1, 0.15) is 56.6 Å². The summed E-state index contributed by atoms with van der Waals surface area (Å²) in [5, 5.41) is 7.67. The lowest BCUT2D eigenvalue weighted by atomic mass is 9.69. The summed E-state index contributed by atoms with van der Waals surface area (Å²) in [4.78, 5) is 13.1. The number of fused-ring (bicyclic) bond motifs is 1. The summed E-state index contributed by atoms with van der Waals surface area (Å²) in [7, 11) is 0. The van der Waals surface area contributed by atoms with Gasteiger partial charge >= 0.3 is 0 Å². The average molecular weight is 337 g/mol. The van der Waals surface area contributed by atoms with Crippen LogP contribution in [-0.2, 0) is 4.79 Å². The van der Waals surface area contributed by atoms with E-state index in [1.165, 1.54) is 32.1 Å². The number of hydrogen-bond donors (Lipinski definition) is 1. The number of carbonyl (C=O) groups excluding carboxylic acids is 1. The molecule has 1 amide bonds. The number of rotatable bonds is 4. The van der Waals surface area contributed by atoms with Crippen LogP contribution >= 0.6 is 0 Å². The largest absolute Gasteiger partial charge is 0.351 e. The molecule has 0 aliphatic heterocycles. The van der Waals surface area contributed by atoms with Crippen molar-refractivity contribution in [3.05, 3.63) is 54.4 Å². The van der Waals surface area contributed by atoms with Gasteiger partial charge in [-0.1, -0.05) is 56.0 Å². The molecule has 1 N–H and O–H groups in total. The van der Waals surface area contributed by atoms with Gasteiger partial charge in [-0.15, -0.1) is 0 Å². The molecule has 0 saturated heterocycles. The molecular formula is C21H27N3O. The molecule has 2 aromatic rings. The third kappa shape index (κ3) is 3.63. The lowest BCUT2D eigenvalue weighted by molar-refractivity contribution is -0.124. The smallest absolute Gasteiger partial charge is 0.249 e. The van der Waals surface area contributed by atoms with E-state index >= 15 is 0 Å². The molecule has 2 aliphatic rings. The topological polar surface area (TPSA) is 46.9 Å². The van der Waals surface area contributed by atoms with Gasteiger partial charge in [-0.05, 0) is 42.7 Å². The van der Waals surface area contributed by atoms with Crippen LogP contribution in [0.4, 0.5) is 0 Å². The van der Waals surface area contributed by atoms with Gasteiger partial charge in [0.05, 0.1) is 0 Å². The van der Waals surface area contributed by atoms with E-state index in [0.717, 1.165) is 30.2 Å². The predicted molar refractivity (Wildman–Crippen MR) is 98.0 cm³/mol. The van der Waals surface area contributed by atoms with Crippen LogP contribution in [0.25, 0.3) is 0 Å². The number of nitrogens with one attached hydrogen (secondary N) is 1. The van der Waals surface area contributed by atoms with Gasteiger partial charge in [0.25, 0.3) is 0 Å². The molecule has 25 heavy (non-hydrogen) atoms. The molecule has 4 atom stereocenters. The second kappa shape index (κ2) is 7.42. The van der Waals surface area contributed by atoms with Crippen molar-refractivity contribution in [2.75, 3.05) is 0 Å². The van der Waals surface area contributed by atoms with Crippen LogP contribution in [0.2, 0.25) is 0 Å². The molecule has 4 rings (SSSR count). The monoisotopic (exact) mass is 337 g/mol. The van der Waals surface area contributed by atoms with Gasteiger partial charge in [0, 0.05) is 18.4 Å². The molecule has 4 heteroatoms. The maximum atomic E-state index is 13.1. The molecule has 132 valence electrons. The van der Waals surface area contributed by atoms with E-state index in [0.29, 0.717) is 6.04 Å². The second-order valence-corrected chi connectivity index (χ2v) is 7.62. The van der Waals surface area contributed by atoms with Crippen LogP contribution in [0.5, 0.6) is 0 Å². The van der Waals surface area contributed by atoms with Crippen LogP contribution in [0, 0.1) is 11.8 Å². The Morgan fingerprint density at radius 2 is 1.84 bits per heavy atom. The van der Waals surface area contributed by atoms with Crippen molar-refractivity contribution in [1.29, 1.82) is 0 Å². The third-order valence-electron chi connectivity index (χ3n) is 6.04. The Bertz CT molecular complexity index is 682. The SMILES string of the molecule is O=C(NC1CCC2CCCCC2C1)C(c1ccccc1)n1cccn1. The summed E-state index contributed by atoms with van der Waals surface area (Å²) in [6.07, 6.45) is 12.6. The number of hydrogen-bond acceptors (Lipinski definition) is 2. The van der Waals surface area contributed by atoms with Gasteiger partial charge in [0.2, 0.25) is 5.91 Å². The predicted octanol–water partition coefficient (Wildman–Crippen LogP) is 3.95. The quantitative estimate of drug-likeness (QED) is 0.918. The fourth-order valence-electron chi connectivity index (χ4n) is 4.78. The van der Waals surface area contributed by atoms with Crippen molar-refractivity contribution in [3.63, 3.8) is 0 Å². The summed E-state index contributed by atoms with van der Waals surface area (Å²) in [5.74, 6) is 1.78. The minimum absolute atomic E-state index is 0.0640. The van der Waals surface area contributed by atoms with Gasteiger partial charge in [-0.3, -0.25) is 9.48 Å². The van der Waals surface area contributed by atoms with Gasteiger partial charge < -0.3 is 5.32 Å². The van der Waals surface area contributed by atoms with E-state index in [9.17, 15) is 4.79 Å². The summed E-state index contributed by atoms with van der Waals surface area (Å²) in [6, 6.07) is 11.7. The molecule has 0 spiro atoms. The molecule has 2 fully saturated rings. The highest BCUT2D eigenvalue weighted by molar-refractivity contribution is 5.83. The molecule has 2 aliphatic carbocycles. The fraction of sp³-hybridized carbons (Fsp3) is 0.524. The fourth-order valence-corrected chi connectivity index (χ4v) is 4.78. The second-order valence-electron chi connectivity index (χ2n) is 7.62. The van der Waals surface area contributed by atoms with Crippen molar-refractivity contribution >= 4 is 5.91 Å². The minimum Gasteiger partial charge on any atom is -0.351 e. The standard InChI is InChI=1S/C21H27N3O/c25-21(23-19-12-11-16-7-4-5-10-18(16)15-19)20(24-14-6-13-22-24)17-8-2-1-3-9-17/h1-3,6,8-9,13-14,16,18-20H,4-5,7,10-12,15H2,(H,23,25). The van der Waals surface area contributed by atoms with Gasteiger partial charge in [-0.2, -0.15) is 5.10 Å². The number of amides is 1. The van der Waals surface area contributed by atoms with E-state index in [1.807, 2.05) is 42.6 Å². The highest BCUT2D eigenvalue weighted by Gasteiger charge is 2.34. The van der Waals surface area contributed by atoms with E-state index in [-0.39, 0.29) is 11.9 Å². The van der Waals surface area contributed by atoms with E-state index in [4.69, 9.17) is 0 Å². The maximum Gasteiger partial charge on any atom is 0.249 e. The zero-order chi connectivity index (χ0) is 17.1. The first-order valence-corrected chi connectivity index (χ1v) is 9.65. The Labute approximate surface area is 149 Å². The summed E-state index contributed by atoms with van der Waals surface area (Å²) >= 11 is 0. The Morgan fingerprint density at radius 3 is 2.60 bits per heavy atom. The Hall–Kier alpha value is -2.10. The van der Waals surface area contributed by atoms with Crippen molar-refractivity contribution in [1.82, 2.24) is 15.1 Å². The van der Waals surface area contributed by atoms with Crippen molar-refractivity contribution in [2.45, 2.75) is 57.0 Å². The van der Waals surface area contributed by atoms with Crippen LogP contribution in [-0.4, -0.2) is 21.7 Å². The molecule has 1 aromatic heterocycles. The van der Waals surface area contributed by atoms with Crippen molar-refractivity contribution < 1.29 is 4.79 Å². The molecule has 0 bridgehead atoms. The normalized spacial score (nSPS) is 27.3. The number of carbonyl (C=O) groups is 1. The summed E-state index contributed by atoms with van der Waals surface area (Å²) in [6.45, 7) is 0. The highest BCUT2D eigenvalue weighted by Crippen LogP contribution is 2.40. The first-order chi connectivity index (χ1) is 12.3. The van der Waals surface area contributed by atoms with Gasteiger partial charge in [0.1, 0.15) is 0 Å². The molecule has 1 aromatic carbocycles. The lowest BCUT2D eigenvalue weighted by Crippen LogP contribution is -2.44. The van der Waals surface area contributed by atoms with E-state index in [1.54, 1.807) is 10.9 Å². The van der Waals surface area contributed by atoms with Gasteiger partial charge in [-0.25, -0.2) is 0 Å². The third-order valence-corrected chi connectivity index (χ3v) is 6.04. The van der Waals surface area contributed by atoms with Crippen LogP contribution in [0.3, 0.4) is 0 Å². The summed E-state index contributed by atoms with van der Waals surface area (Å²) in [5.41, 5.74) is 0.982. The molecule has 2 saturated carbocycles. The first-order valence-electron chi connectivity index (χ1n) is 9.65. The number of benzene rings is 1. The zero-order valence-electron chi connectivity index (χ0n) is 14.7. The molecule has 1 heterocycles. The minimum atomic E-state index is -0.389. The number of aromatic nitrogens is 2. The van der Waals surface area contributed by atoms with Crippen molar-refractivity contribution in [2.24, 2.45) is 11.8 Å². The Kier molecular flexibility index (Phi) is 4.86. The average Bonchev–Trinajstić information content (AvgIpc) is 3.17. The van der Waals surface area contributed by atoms with Crippen molar-refractivity contribution in [3.8, 4) is 0 Å². The number of nitrogens with zero attached hydrogens (tertiary/aromatic N) is 2. The molecule has 4 unspecified atom stereocenters. The lowest BCUT2D eigenvalue weighted by Gasteiger charge is -2.39. The highest BCUT2D eigenvalue weighted by atomic mass is 16.2. The van der Waals surface area contributed by atoms with Crippen LogP contribution in [0.15, 0.2) is 48.8 Å². The molecular weight excluding hydrogens is 310 g/mol. The van der Waals surface area contributed by atoms with E-state index in [2.05, 4.69) is 10.4 Å². The first kappa shape index (κ1) is 16.4. The van der Waals surface area contributed by atoms with Gasteiger partial charge in [0.15, 0.2) is 6.04 Å². The Balaban J connectivity index is 1.48.